The van der Waals surface area contributed by atoms with E-state index in [0.29, 0.717) is 18.6 Å². The van der Waals surface area contributed by atoms with Gasteiger partial charge < -0.3 is 9.72 Å². The van der Waals surface area contributed by atoms with Crippen LogP contribution in [0.1, 0.15) is 11.3 Å². The smallest absolute Gasteiger partial charge is 0.196 e. The fourth-order valence-electron chi connectivity index (χ4n) is 2.12. The van der Waals surface area contributed by atoms with Gasteiger partial charge in [0.15, 0.2) is 5.43 Å². The summed E-state index contributed by atoms with van der Waals surface area (Å²) in [6.45, 7) is 1.07. The monoisotopic (exact) mass is 357 g/mol. The summed E-state index contributed by atoms with van der Waals surface area (Å²) in [5.41, 5.74) is 2.65. The number of nitrogens with one attached hydrogen (secondary N) is 1. The Bertz CT molecular complexity index is 664. The van der Waals surface area contributed by atoms with Crippen molar-refractivity contribution >= 4 is 42.8 Å². The van der Waals surface area contributed by atoms with Crippen molar-refractivity contribution in [1.82, 2.24) is 4.98 Å². The van der Waals surface area contributed by atoms with Gasteiger partial charge >= 0.3 is 0 Å². The van der Waals surface area contributed by atoms with Crippen molar-refractivity contribution in [3.8, 4) is 0 Å². The number of aromatic amines is 1. The minimum absolute atomic E-state index is 0.0571. The van der Waals surface area contributed by atoms with E-state index in [1.54, 1.807) is 0 Å². The van der Waals surface area contributed by atoms with Crippen molar-refractivity contribution in [2.45, 2.75) is 13.0 Å². The Labute approximate surface area is 114 Å². The van der Waals surface area contributed by atoms with Crippen LogP contribution in [-0.4, -0.2) is 11.6 Å². The summed E-state index contributed by atoms with van der Waals surface area (Å²) in [5, 5.41) is 0.684. The third-order valence-corrected chi connectivity index (χ3v) is 4.31. The molecule has 0 amide bonds. The fraction of sp³-hybridized carbons (Fsp3) is 0.250. The van der Waals surface area contributed by atoms with Gasteiger partial charge in [0.1, 0.15) is 0 Å². The van der Waals surface area contributed by atoms with Gasteiger partial charge in [0.25, 0.3) is 0 Å². The van der Waals surface area contributed by atoms with E-state index < -0.39 is 0 Å². The first-order chi connectivity index (χ1) is 8.18. The van der Waals surface area contributed by atoms with Crippen LogP contribution in [0.25, 0.3) is 10.9 Å². The van der Waals surface area contributed by atoms with Crippen LogP contribution in [0.15, 0.2) is 25.9 Å². The van der Waals surface area contributed by atoms with Crippen molar-refractivity contribution in [1.29, 1.82) is 0 Å². The van der Waals surface area contributed by atoms with Crippen LogP contribution < -0.4 is 5.43 Å². The highest BCUT2D eigenvalue weighted by atomic mass is 79.9. The lowest BCUT2D eigenvalue weighted by molar-refractivity contribution is 0.108. The molecular weight excluding hydrogens is 350 g/mol. The standard InChI is InChI=1S/C12H9Br2NO2/c13-7-1-2-8(14)11-10(7)12(16)6-5-17-4-3-9(6)15-11/h1-2H,3-5H2,(H,15,16). The highest BCUT2D eigenvalue weighted by Gasteiger charge is 2.18. The molecule has 3 nitrogen and oxygen atoms in total. The number of hydrogen-bond acceptors (Lipinski definition) is 2. The Hall–Kier alpha value is -0.650. The number of pyridine rings is 1. The molecule has 5 heteroatoms. The molecule has 3 rings (SSSR count). The van der Waals surface area contributed by atoms with Gasteiger partial charge in [-0.05, 0) is 44.0 Å². The maximum atomic E-state index is 12.4. The maximum absolute atomic E-state index is 12.4. The number of halogens is 2. The van der Waals surface area contributed by atoms with E-state index >= 15 is 0 Å². The number of H-pyrrole nitrogens is 1. The molecule has 1 aromatic carbocycles. The van der Waals surface area contributed by atoms with Gasteiger partial charge in [0.05, 0.1) is 24.1 Å². The Morgan fingerprint density at radius 1 is 1.24 bits per heavy atom. The van der Waals surface area contributed by atoms with Gasteiger partial charge in [-0.15, -0.1) is 0 Å². The minimum Gasteiger partial charge on any atom is -0.376 e. The first-order valence-electron chi connectivity index (χ1n) is 5.28. The number of ether oxygens (including phenoxy) is 1. The molecule has 1 aliphatic rings. The van der Waals surface area contributed by atoms with Crippen molar-refractivity contribution in [3.63, 3.8) is 0 Å². The zero-order chi connectivity index (χ0) is 12.0. The molecule has 0 saturated heterocycles. The lowest BCUT2D eigenvalue weighted by atomic mass is 10.1. The second-order valence-electron chi connectivity index (χ2n) is 3.99. The SMILES string of the molecule is O=c1c2c([nH]c3c(Br)ccc(Br)c13)CCOC2. The molecule has 0 aliphatic carbocycles. The maximum Gasteiger partial charge on any atom is 0.196 e. The van der Waals surface area contributed by atoms with Crippen LogP contribution in [0.3, 0.4) is 0 Å². The molecule has 0 unspecified atom stereocenters. The molecule has 2 aromatic rings. The summed E-state index contributed by atoms with van der Waals surface area (Å²) in [5.74, 6) is 0. The van der Waals surface area contributed by atoms with E-state index in [-0.39, 0.29) is 5.43 Å². The molecule has 0 saturated carbocycles. The summed E-state index contributed by atoms with van der Waals surface area (Å²) in [6, 6.07) is 3.80. The van der Waals surface area contributed by atoms with Crippen LogP contribution in [0, 0.1) is 0 Å². The summed E-state index contributed by atoms with van der Waals surface area (Å²) >= 11 is 6.90. The fourth-order valence-corrected chi connectivity index (χ4v) is 3.06. The predicted octanol–water partition coefficient (Wildman–Crippen LogP) is 3.13. The van der Waals surface area contributed by atoms with E-state index in [2.05, 4.69) is 36.8 Å². The average molecular weight is 359 g/mol. The number of aromatic nitrogens is 1. The Morgan fingerprint density at radius 3 is 2.82 bits per heavy atom. The number of rotatable bonds is 0. The molecular formula is C12H9Br2NO2. The van der Waals surface area contributed by atoms with Crippen molar-refractivity contribution in [3.05, 3.63) is 42.6 Å². The lowest BCUT2D eigenvalue weighted by Crippen LogP contribution is -2.22. The quantitative estimate of drug-likeness (QED) is 0.786. The van der Waals surface area contributed by atoms with E-state index in [1.165, 1.54) is 0 Å². The van der Waals surface area contributed by atoms with Crippen LogP contribution in [0.2, 0.25) is 0 Å². The van der Waals surface area contributed by atoms with Crippen LogP contribution in [-0.2, 0) is 17.8 Å². The van der Waals surface area contributed by atoms with E-state index in [4.69, 9.17) is 4.74 Å². The molecule has 0 spiro atoms. The highest BCUT2D eigenvalue weighted by Crippen LogP contribution is 2.28. The first kappa shape index (κ1) is 11.4. The van der Waals surface area contributed by atoms with Crippen LogP contribution >= 0.6 is 31.9 Å². The van der Waals surface area contributed by atoms with Crippen molar-refractivity contribution < 1.29 is 4.74 Å². The molecule has 0 bridgehead atoms. The molecule has 17 heavy (non-hydrogen) atoms. The summed E-state index contributed by atoms with van der Waals surface area (Å²) < 4.78 is 7.06. The van der Waals surface area contributed by atoms with Gasteiger partial charge in [0.2, 0.25) is 0 Å². The summed E-state index contributed by atoms with van der Waals surface area (Å²) in [6.07, 6.45) is 0.763. The van der Waals surface area contributed by atoms with E-state index in [1.807, 2.05) is 12.1 Å². The lowest BCUT2D eigenvalue weighted by Gasteiger charge is -2.17. The van der Waals surface area contributed by atoms with Crippen LogP contribution in [0.5, 0.6) is 0 Å². The van der Waals surface area contributed by atoms with Gasteiger partial charge in [-0.1, -0.05) is 0 Å². The third kappa shape index (κ3) is 1.77. The van der Waals surface area contributed by atoms with Gasteiger partial charge in [-0.3, -0.25) is 4.79 Å². The van der Waals surface area contributed by atoms with Crippen molar-refractivity contribution in [2.24, 2.45) is 0 Å². The van der Waals surface area contributed by atoms with Gasteiger partial charge in [-0.25, -0.2) is 0 Å². The minimum atomic E-state index is 0.0571. The second kappa shape index (κ2) is 4.23. The zero-order valence-corrected chi connectivity index (χ0v) is 12.0. The van der Waals surface area contributed by atoms with Crippen LogP contribution in [0.4, 0.5) is 0 Å². The number of fused-ring (bicyclic) bond motifs is 2. The Morgan fingerprint density at radius 2 is 2.00 bits per heavy atom. The molecule has 0 radical (unpaired) electrons. The number of hydrogen-bond donors (Lipinski definition) is 1. The number of benzene rings is 1. The topological polar surface area (TPSA) is 42.1 Å². The molecule has 88 valence electrons. The second-order valence-corrected chi connectivity index (χ2v) is 5.70. The molecule has 1 aliphatic heterocycles. The highest BCUT2D eigenvalue weighted by molar-refractivity contribution is 9.11. The van der Waals surface area contributed by atoms with Gasteiger partial charge in [-0.2, -0.15) is 0 Å². The molecule has 1 N–H and O–H groups in total. The third-order valence-electron chi connectivity index (χ3n) is 2.99. The Kier molecular flexibility index (Phi) is 2.84. The van der Waals surface area contributed by atoms with E-state index in [0.717, 1.165) is 32.1 Å². The first-order valence-corrected chi connectivity index (χ1v) is 6.86. The Balaban J connectivity index is 2.48. The molecule has 2 heterocycles. The van der Waals surface area contributed by atoms with E-state index in [9.17, 15) is 4.79 Å². The molecule has 0 fully saturated rings. The van der Waals surface area contributed by atoms with Gasteiger partial charge in [0, 0.05) is 26.6 Å². The van der Waals surface area contributed by atoms with Crippen molar-refractivity contribution in [2.75, 3.05) is 6.61 Å². The largest absolute Gasteiger partial charge is 0.376 e. The normalized spacial score (nSPS) is 14.9. The summed E-state index contributed by atoms with van der Waals surface area (Å²) in [7, 11) is 0. The molecule has 0 atom stereocenters. The predicted molar refractivity (Wildman–Crippen MR) is 73.3 cm³/mol. The summed E-state index contributed by atoms with van der Waals surface area (Å²) in [4.78, 5) is 15.7. The average Bonchev–Trinajstić information content (AvgIpc) is 2.34. The molecule has 1 aromatic heterocycles. The zero-order valence-electron chi connectivity index (χ0n) is 8.85.